The first-order valence-electron chi connectivity index (χ1n) is 8.79. The van der Waals surface area contributed by atoms with Crippen LogP contribution in [0.15, 0.2) is 28.2 Å². The van der Waals surface area contributed by atoms with E-state index in [1.54, 1.807) is 17.6 Å². The summed E-state index contributed by atoms with van der Waals surface area (Å²) in [5.74, 6) is 1.51. The molecule has 0 radical (unpaired) electrons. The second-order valence-corrected chi connectivity index (χ2v) is 7.63. The van der Waals surface area contributed by atoms with Crippen LogP contribution in [0.3, 0.4) is 0 Å². The van der Waals surface area contributed by atoms with Crippen LogP contribution in [0.5, 0.6) is 0 Å². The van der Waals surface area contributed by atoms with Crippen LogP contribution in [0.25, 0.3) is 11.5 Å². The van der Waals surface area contributed by atoms with Crippen LogP contribution in [0.2, 0.25) is 0 Å². The average molecular weight is 345 g/mol. The molecule has 4 rings (SSSR count). The van der Waals surface area contributed by atoms with Crippen molar-refractivity contribution >= 4 is 17.2 Å². The van der Waals surface area contributed by atoms with Gasteiger partial charge >= 0.3 is 0 Å². The first-order chi connectivity index (χ1) is 11.8. The van der Waals surface area contributed by atoms with Gasteiger partial charge in [0.15, 0.2) is 5.76 Å². The van der Waals surface area contributed by atoms with Crippen molar-refractivity contribution in [2.24, 2.45) is 5.92 Å². The molecule has 1 aliphatic heterocycles. The van der Waals surface area contributed by atoms with Crippen molar-refractivity contribution in [2.75, 3.05) is 26.2 Å². The van der Waals surface area contributed by atoms with Gasteiger partial charge in [-0.3, -0.25) is 9.69 Å². The molecule has 2 aliphatic rings. The van der Waals surface area contributed by atoms with E-state index >= 15 is 0 Å². The number of carbonyl (C=O) groups excluding carboxylic acids is 1. The molecule has 3 heterocycles. The number of hydrogen-bond acceptors (Lipinski definition) is 5. The van der Waals surface area contributed by atoms with E-state index in [-0.39, 0.29) is 0 Å². The minimum atomic E-state index is 0.298. The number of piperazine rings is 1. The zero-order valence-electron chi connectivity index (χ0n) is 13.8. The fourth-order valence-corrected chi connectivity index (χ4v) is 4.49. The first kappa shape index (κ1) is 15.8. The van der Waals surface area contributed by atoms with Gasteiger partial charge in [-0.2, -0.15) is 0 Å². The Morgan fingerprint density at radius 1 is 1.25 bits per heavy atom. The minimum Gasteiger partial charge on any atom is -0.463 e. The van der Waals surface area contributed by atoms with Gasteiger partial charge in [-0.05, 0) is 25.0 Å². The Bertz CT molecular complexity index is 668. The fourth-order valence-electron chi connectivity index (χ4n) is 3.67. The largest absolute Gasteiger partial charge is 0.463 e. The van der Waals surface area contributed by atoms with Crippen molar-refractivity contribution in [3.05, 3.63) is 28.8 Å². The summed E-state index contributed by atoms with van der Waals surface area (Å²) in [6.45, 7) is 4.44. The molecule has 1 aliphatic carbocycles. The molecule has 0 atom stereocenters. The predicted octanol–water partition coefficient (Wildman–Crippen LogP) is 3.24. The Kier molecular flexibility index (Phi) is 4.67. The Balaban J connectivity index is 1.29. The lowest BCUT2D eigenvalue weighted by molar-refractivity contribution is -0.137. The third-order valence-corrected chi connectivity index (χ3v) is 5.91. The summed E-state index contributed by atoms with van der Waals surface area (Å²) in [5.41, 5.74) is 0.912. The van der Waals surface area contributed by atoms with Gasteiger partial charge < -0.3 is 9.32 Å². The van der Waals surface area contributed by atoms with Crippen LogP contribution in [-0.2, 0) is 11.3 Å². The quantitative estimate of drug-likeness (QED) is 0.854. The van der Waals surface area contributed by atoms with Crippen molar-refractivity contribution in [1.82, 2.24) is 14.8 Å². The highest BCUT2D eigenvalue weighted by atomic mass is 32.1. The first-order valence-corrected chi connectivity index (χ1v) is 9.67. The van der Waals surface area contributed by atoms with Crippen molar-refractivity contribution in [1.29, 1.82) is 0 Å². The van der Waals surface area contributed by atoms with Crippen molar-refractivity contribution < 1.29 is 9.21 Å². The van der Waals surface area contributed by atoms with Crippen molar-refractivity contribution in [3.8, 4) is 11.5 Å². The molecule has 0 aromatic carbocycles. The van der Waals surface area contributed by atoms with Gasteiger partial charge in [0.25, 0.3) is 0 Å². The molecule has 24 heavy (non-hydrogen) atoms. The summed E-state index contributed by atoms with van der Waals surface area (Å²) in [6, 6.07) is 3.82. The highest BCUT2D eigenvalue weighted by molar-refractivity contribution is 7.09. The predicted molar refractivity (Wildman–Crippen MR) is 93.6 cm³/mol. The lowest BCUT2D eigenvalue weighted by Crippen LogP contribution is -2.49. The topological polar surface area (TPSA) is 49.6 Å². The normalized spacial score (nSPS) is 19.9. The van der Waals surface area contributed by atoms with Gasteiger partial charge in [-0.15, -0.1) is 11.3 Å². The average Bonchev–Trinajstić information content (AvgIpc) is 3.36. The van der Waals surface area contributed by atoms with Crippen LogP contribution >= 0.6 is 11.3 Å². The van der Waals surface area contributed by atoms with Gasteiger partial charge in [0.2, 0.25) is 5.91 Å². The third-order valence-electron chi connectivity index (χ3n) is 5.07. The fraction of sp³-hybridized carbons (Fsp3) is 0.556. The molecule has 0 N–H and O–H groups in total. The van der Waals surface area contributed by atoms with E-state index in [1.165, 1.54) is 12.8 Å². The third kappa shape index (κ3) is 3.39. The van der Waals surface area contributed by atoms with E-state index in [4.69, 9.17) is 4.42 Å². The molecular formula is C18H23N3O2S. The van der Waals surface area contributed by atoms with Crippen LogP contribution in [0.1, 0.15) is 30.7 Å². The second kappa shape index (κ2) is 7.07. The summed E-state index contributed by atoms with van der Waals surface area (Å²) in [5, 5.41) is 3.16. The number of aromatic nitrogens is 1. The minimum absolute atomic E-state index is 0.298. The van der Waals surface area contributed by atoms with E-state index in [9.17, 15) is 4.79 Å². The summed E-state index contributed by atoms with van der Waals surface area (Å²) in [6.07, 6.45) is 6.30. The SMILES string of the molecule is O=C(C1CCCC1)N1CCN(Cc2nc(-c3ccco3)cs2)CC1. The van der Waals surface area contributed by atoms with E-state index < -0.39 is 0 Å². The molecule has 5 nitrogen and oxygen atoms in total. The molecule has 1 saturated carbocycles. The molecule has 1 amide bonds. The second-order valence-electron chi connectivity index (χ2n) is 6.69. The number of amides is 1. The molecule has 2 aromatic heterocycles. The van der Waals surface area contributed by atoms with E-state index in [1.807, 2.05) is 17.5 Å². The van der Waals surface area contributed by atoms with Crippen molar-refractivity contribution in [3.63, 3.8) is 0 Å². The van der Waals surface area contributed by atoms with Crippen LogP contribution in [0.4, 0.5) is 0 Å². The number of carbonyl (C=O) groups is 1. The Morgan fingerprint density at radius 3 is 2.75 bits per heavy atom. The number of thiazole rings is 1. The summed E-state index contributed by atoms with van der Waals surface area (Å²) in [7, 11) is 0. The Labute approximate surface area is 146 Å². The smallest absolute Gasteiger partial charge is 0.225 e. The molecule has 128 valence electrons. The molecule has 1 saturated heterocycles. The maximum atomic E-state index is 12.5. The molecule has 0 bridgehead atoms. The molecule has 6 heteroatoms. The van der Waals surface area contributed by atoms with E-state index in [2.05, 4.69) is 14.8 Å². The lowest BCUT2D eigenvalue weighted by Gasteiger charge is -2.35. The van der Waals surface area contributed by atoms with Gasteiger partial charge in [0.1, 0.15) is 10.7 Å². The standard InChI is InChI=1S/C18H23N3O2S/c22-18(14-4-1-2-5-14)21-9-7-20(8-10-21)12-17-19-15(13-24-17)16-6-3-11-23-16/h3,6,11,13-14H,1-2,4-5,7-10,12H2. The molecular weight excluding hydrogens is 322 g/mol. The molecule has 2 aromatic rings. The highest BCUT2D eigenvalue weighted by Gasteiger charge is 2.29. The van der Waals surface area contributed by atoms with Crippen molar-refractivity contribution in [2.45, 2.75) is 32.2 Å². The highest BCUT2D eigenvalue weighted by Crippen LogP contribution is 2.27. The molecule has 0 unspecified atom stereocenters. The monoisotopic (exact) mass is 345 g/mol. The number of rotatable bonds is 4. The van der Waals surface area contributed by atoms with Crippen LogP contribution in [-0.4, -0.2) is 46.9 Å². The summed E-state index contributed by atoms with van der Waals surface area (Å²) >= 11 is 1.68. The van der Waals surface area contributed by atoms with E-state index in [0.717, 1.165) is 62.0 Å². The summed E-state index contributed by atoms with van der Waals surface area (Å²) < 4.78 is 5.40. The van der Waals surface area contributed by atoms with Gasteiger partial charge in [-0.25, -0.2) is 4.98 Å². The van der Waals surface area contributed by atoms with Gasteiger partial charge in [0.05, 0.1) is 12.8 Å². The Morgan fingerprint density at radius 2 is 2.04 bits per heavy atom. The zero-order valence-corrected chi connectivity index (χ0v) is 14.6. The zero-order chi connectivity index (χ0) is 16.4. The van der Waals surface area contributed by atoms with Gasteiger partial charge in [0, 0.05) is 37.5 Å². The Hall–Kier alpha value is -1.66. The summed E-state index contributed by atoms with van der Waals surface area (Å²) in [4.78, 5) is 21.6. The number of furan rings is 1. The lowest BCUT2D eigenvalue weighted by atomic mass is 10.1. The molecule has 2 fully saturated rings. The van der Waals surface area contributed by atoms with Gasteiger partial charge in [-0.1, -0.05) is 12.8 Å². The van der Waals surface area contributed by atoms with E-state index in [0.29, 0.717) is 11.8 Å². The number of nitrogens with zero attached hydrogens (tertiary/aromatic N) is 3. The maximum absolute atomic E-state index is 12.5. The number of hydrogen-bond donors (Lipinski definition) is 0. The maximum Gasteiger partial charge on any atom is 0.225 e. The van der Waals surface area contributed by atoms with Crippen LogP contribution < -0.4 is 0 Å². The van der Waals surface area contributed by atoms with Crippen LogP contribution in [0, 0.1) is 5.92 Å². The molecule has 0 spiro atoms.